The van der Waals surface area contributed by atoms with Gasteiger partial charge in [0.05, 0.1) is 31.8 Å². The molecule has 0 saturated carbocycles. The number of aliphatic hydroxyl groups excluding tert-OH is 1. The SMILES string of the molecule is COc1ccc(/C(=C(/C=C/[C@@H]2C[C@@H](O)CC(=O)O2)c2nnnn2C)c2ccc(OC)cc2Cl)cc1. The van der Waals surface area contributed by atoms with Gasteiger partial charge in [0.1, 0.15) is 17.6 Å². The van der Waals surface area contributed by atoms with Gasteiger partial charge in [-0.1, -0.05) is 29.8 Å². The highest BCUT2D eigenvalue weighted by Crippen LogP contribution is 2.38. The molecule has 4 rings (SSSR count). The van der Waals surface area contributed by atoms with Crippen molar-refractivity contribution in [1.29, 1.82) is 0 Å². The summed E-state index contributed by atoms with van der Waals surface area (Å²) in [6.45, 7) is 0. The lowest BCUT2D eigenvalue weighted by Crippen LogP contribution is -2.31. The lowest BCUT2D eigenvalue weighted by atomic mass is 9.91. The number of aliphatic hydroxyl groups is 1. The molecule has 182 valence electrons. The van der Waals surface area contributed by atoms with E-state index in [1.54, 1.807) is 44.2 Å². The van der Waals surface area contributed by atoms with Gasteiger partial charge in [0, 0.05) is 30.2 Å². The maximum Gasteiger partial charge on any atom is 0.309 e. The van der Waals surface area contributed by atoms with Crippen molar-refractivity contribution < 1.29 is 24.1 Å². The summed E-state index contributed by atoms with van der Waals surface area (Å²) >= 11 is 6.72. The van der Waals surface area contributed by atoms with Crippen molar-refractivity contribution in [3.05, 3.63) is 76.6 Å². The van der Waals surface area contributed by atoms with Crippen LogP contribution in [0.1, 0.15) is 29.8 Å². The molecule has 0 bridgehead atoms. The van der Waals surface area contributed by atoms with Crippen LogP contribution in [0.2, 0.25) is 5.02 Å². The molecule has 2 heterocycles. The highest BCUT2D eigenvalue weighted by molar-refractivity contribution is 6.33. The zero-order valence-corrected chi connectivity index (χ0v) is 20.3. The third-order valence-corrected chi connectivity index (χ3v) is 5.93. The summed E-state index contributed by atoms with van der Waals surface area (Å²) in [4.78, 5) is 11.8. The molecule has 3 aromatic rings. The number of nitrogens with zero attached hydrogens (tertiary/aromatic N) is 4. The predicted molar refractivity (Wildman–Crippen MR) is 130 cm³/mol. The van der Waals surface area contributed by atoms with E-state index in [1.165, 1.54) is 0 Å². The van der Waals surface area contributed by atoms with Crippen LogP contribution in [0.3, 0.4) is 0 Å². The maximum atomic E-state index is 11.8. The summed E-state index contributed by atoms with van der Waals surface area (Å²) in [6.07, 6.45) is 2.46. The molecule has 0 radical (unpaired) electrons. The Morgan fingerprint density at radius 1 is 1.17 bits per heavy atom. The normalized spacial score (nSPS) is 18.8. The van der Waals surface area contributed by atoms with Crippen molar-refractivity contribution in [1.82, 2.24) is 20.2 Å². The number of methoxy groups -OCH3 is 2. The number of benzene rings is 2. The number of aromatic nitrogens is 4. The van der Waals surface area contributed by atoms with Crippen molar-refractivity contribution in [2.75, 3.05) is 14.2 Å². The number of carbonyl (C=O) groups excluding carboxylic acids is 1. The Balaban J connectivity index is 1.94. The van der Waals surface area contributed by atoms with E-state index in [4.69, 9.17) is 25.8 Å². The molecule has 0 spiro atoms. The quantitative estimate of drug-likeness (QED) is 0.391. The van der Waals surface area contributed by atoms with E-state index in [0.717, 1.165) is 16.7 Å². The van der Waals surface area contributed by atoms with Crippen LogP contribution in [0.25, 0.3) is 11.1 Å². The molecular formula is C25H25ClN4O5. The average Bonchev–Trinajstić information content (AvgIpc) is 3.27. The van der Waals surface area contributed by atoms with Crippen LogP contribution in [0.5, 0.6) is 11.5 Å². The fourth-order valence-electron chi connectivity index (χ4n) is 3.90. The number of halogens is 1. The van der Waals surface area contributed by atoms with Gasteiger partial charge >= 0.3 is 5.97 Å². The lowest BCUT2D eigenvalue weighted by Gasteiger charge is -2.23. The first-order valence-corrected chi connectivity index (χ1v) is 11.3. The first-order chi connectivity index (χ1) is 16.9. The number of hydrogen-bond acceptors (Lipinski definition) is 8. The summed E-state index contributed by atoms with van der Waals surface area (Å²) < 4.78 is 17.6. The molecule has 1 fully saturated rings. The summed E-state index contributed by atoms with van der Waals surface area (Å²) in [7, 11) is 4.91. The number of cyclic esters (lactones) is 1. The van der Waals surface area contributed by atoms with Gasteiger partial charge in [-0.2, -0.15) is 0 Å². The first kappa shape index (κ1) is 24.4. The Hall–Kier alpha value is -3.69. The molecule has 1 aliphatic rings. The number of allylic oxidation sites excluding steroid dienone is 2. The van der Waals surface area contributed by atoms with Gasteiger partial charge < -0.3 is 19.3 Å². The van der Waals surface area contributed by atoms with Gasteiger partial charge in [0.15, 0.2) is 5.82 Å². The first-order valence-electron chi connectivity index (χ1n) is 10.9. The molecule has 0 unspecified atom stereocenters. The third-order valence-electron chi connectivity index (χ3n) is 5.62. The lowest BCUT2D eigenvalue weighted by molar-refractivity contribution is -0.156. The molecule has 1 aromatic heterocycles. The molecule has 10 heteroatoms. The Morgan fingerprint density at radius 3 is 2.49 bits per heavy atom. The standard InChI is InChI=1S/C25H25ClN4O5/c1-30-25(27-28-29-30)21(11-9-19-12-16(31)13-23(32)35-19)24(15-4-6-17(33-2)7-5-15)20-10-8-18(34-3)14-22(20)26/h4-11,14,16,19,31H,12-13H2,1-3H3/b11-9+,24-21+/t16-,19-/m1/s1. The second-order valence-corrected chi connectivity index (χ2v) is 8.38. The van der Waals surface area contributed by atoms with E-state index >= 15 is 0 Å². The highest BCUT2D eigenvalue weighted by atomic mass is 35.5. The van der Waals surface area contributed by atoms with Crippen LogP contribution >= 0.6 is 11.6 Å². The Bertz CT molecular complexity index is 1270. The van der Waals surface area contributed by atoms with Gasteiger partial charge in [-0.3, -0.25) is 4.79 Å². The van der Waals surface area contributed by atoms with Crippen molar-refractivity contribution in [2.24, 2.45) is 7.05 Å². The van der Waals surface area contributed by atoms with Crippen molar-refractivity contribution in [3.8, 4) is 11.5 Å². The van der Waals surface area contributed by atoms with Crippen LogP contribution < -0.4 is 9.47 Å². The summed E-state index contributed by atoms with van der Waals surface area (Å²) in [5.74, 6) is 1.35. The molecular weight excluding hydrogens is 472 g/mol. The minimum absolute atomic E-state index is 0.0151. The highest BCUT2D eigenvalue weighted by Gasteiger charge is 2.26. The smallest absolute Gasteiger partial charge is 0.309 e. The molecule has 9 nitrogen and oxygen atoms in total. The molecule has 1 N–H and O–H groups in total. The van der Waals surface area contributed by atoms with Gasteiger partial charge in [-0.25, -0.2) is 4.68 Å². The number of ether oxygens (including phenoxy) is 3. The maximum absolute atomic E-state index is 11.8. The van der Waals surface area contributed by atoms with Gasteiger partial charge in [-0.15, -0.1) is 5.10 Å². The molecule has 1 aliphatic heterocycles. The van der Waals surface area contributed by atoms with Crippen molar-refractivity contribution in [2.45, 2.75) is 25.0 Å². The largest absolute Gasteiger partial charge is 0.497 e. The Labute approximate surface area is 207 Å². The summed E-state index contributed by atoms with van der Waals surface area (Å²) in [6, 6.07) is 12.9. The Morgan fingerprint density at radius 2 is 1.89 bits per heavy atom. The van der Waals surface area contributed by atoms with Crippen LogP contribution in [-0.4, -0.2) is 57.7 Å². The number of carbonyl (C=O) groups is 1. The number of hydrogen-bond donors (Lipinski definition) is 1. The Kier molecular flexibility index (Phi) is 7.48. The van der Waals surface area contributed by atoms with Gasteiger partial charge in [-0.05, 0) is 52.4 Å². The number of rotatable bonds is 7. The van der Waals surface area contributed by atoms with Crippen LogP contribution in [0.15, 0.2) is 54.6 Å². The summed E-state index contributed by atoms with van der Waals surface area (Å²) in [5.41, 5.74) is 2.95. The third kappa shape index (κ3) is 5.52. The molecule has 2 aromatic carbocycles. The van der Waals surface area contributed by atoms with Crippen LogP contribution in [0, 0.1) is 0 Å². The topological polar surface area (TPSA) is 109 Å². The van der Waals surface area contributed by atoms with Crippen LogP contribution in [-0.2, 0) is 16.6 Å². The minimum atomic E-state index is -0.757. The van der Waals surface area contributed by atoms with E-state index in [0.29, 0.717) is 34.3 Å². The zero-order valence-electron chi connectivity index (χ0n) is 19.5. The predicted octanol–water partition coefficient (Wildman–Crippen LogP) is 3.46. The second-order valence-electron chi connectivity index (χ2n) is 7.97. The number of tetrazole rings is 1. The monoisotopic (exact) mass is 496 g/mol. The second kappa shape index (κ2) is 10.7. The van der Waals surface area contributed by atoms with E-state index < -0.39 is 18.2 Å². The van der Waals surface area contributed by atoms with Crippen molar-refractivity contribution >= 4 is 28.7 Å². The minimum Gasteiger partial charge on any atom is -0.497 e. The molecule has 1 saturated heterocycles. The fraction of sp³-hybridized carbons (Fsp3) is 0.280. The summed E-state index contributed by atoms with van der Waals surface area (Å²) in [5, 5.41) is 22.5. The van der Waals surface area contributed by atoms with E-state index in [9.17, 15) is 9.90 Å². The number of aryl methyl sites for hydroxylation is 1. The van der Waals surface area contributed by atoms with E-state index in [-0.39, 0.29) is 6.42 Å². The average molecular weight is 497 g/mol. The molecule has 2 atom stereocenters. The van der Waals surface area contributed by atoms with E-state index in [2.05, 4.69) is 15.5 Å². The molecule has 0 amide bonds. The van der Waals surface area contributed by atoms with Crippen molar-refractivity contribution in [3.63, 3.8) is 0 Å². The van der Waals surface area contributed by atoms with Crippen LogP contribution in [0.4, 0.5) is 0 Å². The number of esters is 1. The zero-order chi connectivity index (χ0) is 24.9. The van der Waals surface area contributed by atoms with E-state index in [1.807, 2.05) is 36.4 Å². The van der Waals surface area contributed by atoms with Gasteiger partial charge in [0.25, 0.3) is 0 Å². The molecule has 0 aliphatic carbocycles. The van der Waals surface area contributed by atoms with Gasteiger partial charge in [0.2, 0.25) is 0 Å². The molecule has 35 heavy (non-hydrogen) atoms. The fourth-order valence-corrected chi connectivity index (χ4v) is 4.16.